The Balaban J connectivity index is 1.56. The summed E-state index contributed by atoms with van der Waals surface area (Å²) in [5.74, 6) is 3.16. The molecule has 2 aromatic carbocycles. The molecule has 0 heterocycles. The van der Waals surface area contributed by atoms with Crippen molar-refractivity contribution < 1.29 is 19.0 Å². The maximum absolute atomic E-state index is 12.5. The van der Waals surface area contributed by atoms with Crippen molar-refractivity contribution in [2.75, 3.05) is 27.9 Å². The predicted octanol–water partition coefficient (Wildman–Crippen LogP) is 3.96. The minimum absolute atomic E-state index is 0.0974. The van der Waals surface area contributed by atoms with Crippen LogP contribution in [-0.4, -0.2) is 33.8 Å². The highest BCUT2D eigenvalue weighted by Gasteiger charge is 2.34. The topological polar surface area (TPSA) is 56.8 Å². The quantitative estimate of drug-likeness (QED) is 0.675. The minimum Gasteiger partial charge on any atom is -0.497 e. The molecule has 0 radical (unpaired) electrons. The van der Waals surface area contributed by atoms with Gasteiger partial charge in [-0.2, -0.15) is 0 Å². The first-order valence-corrected chi connectivity index (χ1v) is 9.76. The molecular formula is C23H29NO4. The molecule has 0 bridgehead atoms. The second-order valence-electron chi connectivity index (χ2n) is 7.21. The number of rotatable bonds is 10. The zero-order valence-corrected chi connectivity index (χ0v) is 16.9. The normalized spacial score (nSPS) is 14.2. The minimum atomic E-state index is 0.0974. The van der Waals surface area contributed by atoms with Gasteiger partial charge < -0.3 is 19.5 Å². The summed E-state index contributed by atoms with van der Waals surface area (Å²) in [5, 5.41) is 3.07. The van der Waals surface area contributed by atoms with E-state index in [1.165, 1.54) is 18.4 Å². The predicted molar refractivity (Wildman–Crippen MR) is 109 cm³/mol. The fourth-order valence-electron chi connectivity index (χ4n) is 3.55. The fourth-order valence-corrected chi connectivity index (χ4v) is 3.55. The van der Waals surface area contributed by atoms with Gasteiger partial charge in [-0.05, 0) is 66.5 Å². The molecular weight excluding hydrogens is 354 g/mol. The van der Waals surface area contributed by atoms with E-state index in [9.17, 15) is 4.79 Å². The molecule has 1 atom stereocenters. The van der Waals surface area contributed by atoms with Crippen molar-refractivity contribution in [3.8, 4) is 17.2 Å². The van der Waals surface area contributed by atoms with Gasteiger partial charge in [-0.15, -0.1) is 0 Å². The van der Waals surface area contributed by atoms with Gasteiger partial charge in [-0.1, -0.05) is 18.2 Å². The van der Waals surface area contributed by atoms with Gasteiger partial charge >= 0.3 is 0 Å². The lowest BCUT2D eigenvalue weighted by Crippen LogP contribution is -2.27. The van der Waals surface area contributed by atoms with E-state index in [4.69, 9.17) is 14.2 Å². The number of amides is 1. The fraction of sp³-hybridized carbons (Fsp3) is 0.435. The Labute approximate surface area is 167 Å². The molecule has 1 N–H and O–H groups in total. The highest BCUT2D eigenvalue weighted by Crippen LogP contribution is 2.46. The van der Waals surface area contributed by atoms with Crippen LogP contribution in [0.3, 0.4) is 0 Å². The van der Waals surface area contributed by atoms with Crippen molar-refractivity contribution in [3.05, 3.63) is 53.6 Å². The van der Waals surface area contributed by atoms with Gasteiger partial charge in [-0.3, -0.25) is 4.79 Å². The molecule has 1 saturated carbocycles. The van der Waals surface area contributed by atoms with Crippen LogP contribution >= 0.6 is 0 Å². The molecule has 1 fully saturated rings. The Kier molecular flexibility index (Phi) is 6.80. The van der Waals surface area contributed by atoms with Gasteiger partial charge in [0.1, 0.15) is 5.75 Å². The van der Waals surface area contributed by atoms with Crippen LogP contribution in [0.15, 0.2) is 42.5 Å². The SMILES string of the molecule is COc1ccc(CCNC(=O)CC(c2ccc(OC)c(OC)c2)C2CC2)cc1. The van der Waals surface area contributed by atoms with Crippen molar-refractivity contribution in [2.24, 2.45) is 5.92 Å². The molecule has 0 aliphatic heterocycles. The summed E-state index contributed by atoms with van der Waals surface area (Å²) in [5.41, 5.74) is 2.32. The second kappa shape index (κ2) is 9.49. The van der Waals surface area contributed by atoms with Crippen molar-refractivity contribution in [1.29, 1.82) is 0 Å². The number of nitrogens with one attached hydrogen (secondary N) is 1. The number of hydrogen-bond acceptors (Lipinski definition) is 4. The maximum atomic E-state index is 12.5. The van der Waals surface area contributed by atoms with E-state index >= 15 is 0 Å². The third kappa shape index (κ3) is 5.18. The van der Waals surface area contributed by atoms with E-state index in [2.05, 4.69) is 11.4 Å². The van der Waals surface area contributed by atoms with Crippen LogP contribution in [0.5, 0.6) is 17.2 Å². The average molecular weight is 383 g/mol. The highest BCUT2D eigenvalue weighted by atomic mass is 16.5. The summed E-state index contributed by atoms with van der Waals surface area (Å²) in [7, 11) is 4.93. The summed E-state index contributed by atoms with van der Waals surface area (Å²) < 4.78 is 15.9. The smallest absolute Gasteiger partial charge is 0.220 e. The Morgan fingerprint density at radius 2 is 1.71 bits per heavy atom. The van der Waals surface area contributed by atoms with Crippen molar-refractivity contribution in [1.82, 2.24) is 5.32 Å². The Morgan fingerprint density at radius 1 is 1.00 bits per heavy atom. The molecule has 1 aliphatic rings. The molecule has 2 aromatic rings. The molecule has 1 unspecified atom stereocenters. The third-order valence-electron chi connectivity index (χ3n) is 5.33. The molecule has 1 amide bonds. The van der Waals surface area contributed by atoms with E-state index in [0.717, 1.165) is 17.7 Å². The number of carbonyl (C=O) groups is 1. The molecule has 5 heteroatoms. The van der Waals surface area contributed by atoms with Gasteiger partial charge in [0.2, 0.25) is 5.91 Å². The number of benzene rings is 2. The maximum Gasteiger partial charge on any atom is 0.220 e. The summed E-state index contributed by atoms with van der Waals surface area (Å²) in [6, 6.07) is 13.9. The van der Waals surface area contributed by atoms with Crippen LogP contribution in [0, 0.1) is 5.92 Å². The van der Waals surface area contributed by atoms with Crippen molar-refractivity contribution >= 4 is 5.91 Å². The first-order valence-electron chi connectivity index (χ1n) is 9.76. The van der Waals surface area contributed by atoms with Crippen LogP contribution in [0.4, 0.5) is 0 Å². The van der Waals surface area contributed by atoms with Crippen LogP contribution < -0.4 is 19.5 Å². The Bertz CT molecular complexity index is 784. The summed E-state index contributed by atoms with van der Waals surface area (Å²) >= 11 is 0. The van der Waals surface area contributed by atoms with Crippen LogP contribution in [0.2, 0.25) is 0 Å². The van der Waals surface area contributed by atoms with E-state index in [1.807, 2.05) is 36.4 Å². The Morgan fingerprint density at radius 3 is 2.32 bits per heavy atom. The number of methoxy groups -OCH3 is 3. The van der Waals surface area contributed by atoms with E-state index < -0.39 is 0 Å². The first kappa shape index (κ1) is 20.1. The van der Waals surface area contributed by atoms with Crippen LogP contribution in [0.25, 0.3) is 0 Å². The largest absolute Gasteiger partial charge is 0.497 e. The van der Waals surface area contributed by atoms with Gasteiger partial charge in [0.15, 0.2) is 11.5 Å². The third-order valence-corrected chi connectivity index (χ3v) is 5.33. The number of ether oxygens (including phenoxy) is 3. The van der Waals surface area contributed by atoms with Gasteiger partial charge in [0, 0.05) is 13.0 Å². The molecule has 5 nitrogen and oxygen atoms in total. The monoisotopic (exact) mass is 383 g/mol. The molecule has 150 valence electrons. The van der Waals surface area contributed by atoms with E-state index in [1.54, 1.807) is 21.3 Å². The average Bonchev–Trinajstić information content (AvgIpc) is 3.57. The second-order valence-corrected chi connectivity index (χ2v) is 7.21. The summed E-state index contributed by atoms with van der Waals surface area (Å²) in [6.07, 6.45) is 3.67. The molecule has 28 heavy (non-hydrogen) atoms. The van der Waals surface area contributed by atoms with Gasteiger partial charge in [-0.25, -0.2) is 0 Å². The van der Waals surface area contributed by atoms with Gasteiger partial charge in [0.25, 0.3) is 0 Å². The lowest BCUT2D eigenvalue weighted by Gasteiger charge is -2.18. The lowest BCUT2D eigenvalue weighted by atomic mass is 9.90. The number of carbonyl (C=O) groups excluding carboxylic acids is 1. The van der Waals surface area contributed by atoms with Crippen LogP contribution in [-0.2, 0) is 11.2 Å². The van der Waals surface area contributed by atoms with Crippen molar-refractivity contribution in [3.63, 3.8) is 0 Å². The number of hydrogen-bond donors (Lipinski definition) is 1. The van der Waals surface area contributed by atoms with Gasteiger partial charge in [0.05, 0.1) is 21.3 Å². The summed E-state index contributed by atoms with van der Waals surface area (Å²) in [6.45, 7) is 0.633. The van der Waals surface area contributed by atoms with E-state index in [0.29, 0.717) is 30.4 Å². The van der Waals surface area contributed by atoms with Crippen LogP contribution in [0.1, 0.15) is 36.3 Å². The molecule has 0 spiro atoms. The summed E-state index contributed by atoms with van der Waals surface area (Å²) in [4.78, 5) is 12.5. The Hall–Kier alpha value is -2.69. The molecule has 3 rings (SSSR count). The molecule has 0 saturated heterocycles. The standard InChI is InChI=1S/C23H29NO4/c1-26-19-9-4-16(5-10-19)12-13-24-23(25)15-20(17-6-7-17)18-8-11-21(27-2)22(14-18)28-3/h4-5,8-11,14,17,20H,6-7,12-13,15H2,1-3H3,(H,24,25). The van der Waals surface area contributed by atoms with E-state index in [-0.39, 0.29) is 11.8 Å². The zero-order valence-electron chi connectivity index (χ0n) is 16.9. The van der Waals surface area contributed by atoms with Crippen molar-refractivity contribution in [2.45, 2.75) is 31.6 Å². The molecule has 1 aliphatic carbocycles. The first-order chi connectivity index (χ1) is 13.6. The highest BCUT2D eigenvalue weighted by molar-refractivity contribution is 5.77. The molecule has 0 aromatic heterocycles. The lowest BCUT2D eigenvalue weighted by molar-refractivity contribution is -0.121. The zero-order chi connectivity index (χ0) is 19.9.